The van der Waals surface area contributed by atoms with E-state index in [0.717, 1.165) is 11.1 Å². The van der Waals surface area contributed by atoms with Crippen LogP contribution >= 0.6 is 0 Å². The quantitative estimate of drug-likeness (QED) is 0.148. The van der Waals surface area contributed by atoms with Crippen LogP contribution in [-0.2, 0) is 25.5 Å². The van der Waals surface area contributed by atoms with Crippen LogP contribution in [0.15, 0.2) is 35.4 Å². The lowest BCUT2D eigenvalue weighted by Crippen LogP contribution is -2.65. The number of allylic oxidation sites excluding steroid dienone is 1. The zero-order chi connectivity index (χ0) is 37.3. The molecule has 6 atom stereocenters. The summed E-state index contributed by atoms with van der Waals surface area (Å²) < 4.78 is 90.0. The molecule has 1 aliphatic heterocycles. The number of hydrogen-bond acceptors (Lipinski definition) is 7. The van der Waals surface area contributed by atoms with Crippen molar-refractivity contribution in [1.29, 1.82) is 0 Å². The van der Waals surface area contributed by atoms with Gasteiger partial charge in [-0.2, -0.15) is 22.0 Å². The minimum absolute atomic E-state index is 0.000649. The molecular weight excluding hydrogens is 679 g/mol. The first-order chi connectivity index (χ1) is 23.7. The van der Waals surface area contributed by atoms with Crippen LogP contribution in [0.25, 0.3) is 0 Å². The first kappa shape index (κ1) is 37.9. The van der Waals surface area contributed by atoms with Gasteiger partial charge in [-0.25, -0.2) is 4.79 Å². The molecule has 1 spiro atoms. The fourth-order valence-electron chi connectivity index (χ4n) is 9.78. The third-order valence-corrected chi connectivity index (χ3v) is 12.4. The largest absolute Gasteiger partial charge is 0.465 e. The maximum atomic E-state index is 15.4. The number of amides is 2. The number of hydrogen-bond donors (Lipinski definition) is 4. The number of nitrogens with one attached hydrogen (secondary N) is 2. The molecule has 4 aliphatic carbocycles. The summed E-state index contributed by atoms with van der Waals surface area (Å²) in [5.74, 6) is -8.64. The summed E-state index contributed by atoms with van der Waals surface area (Å²) in [6.45, 7) is 7.99. The molecule has 1 saturated heterocycles. The van der Waals surface area contributed by atoms with E-state index in [2.05, 4.69) is 10.6 Å². The molecule has 51 heavy (non-hydrogen) atoms. The zero-order valence-electron chi connectivity index (χ0n) is 29.6. The Kier molecular flexibility index (Phi) is 9.63. The standard InChI is InChI=1S/C37H49F5N2O7/c1-5-49-28(45)18-44-30(46)43-17-22-6-8-23(9-7-22)25-16-32(4)26(12-15-35(32,48)36(38,39)37(40,41)42)24-10-13-33(47)19-34(14-11-27(33)29(24)25)50-20-31(2,3)21-51-34/h6-9,24-26,47-48H,5,10-21H2,1-4H3,(H2,43,44,46)/t24?,25-,26?,32+,33?,35?/m1/s1. The molecule has 4 unspecified atom stereocenters. The maximum Gasteiger partial charge on any atom is 0.456 e. The third-order valence-electron chi connectivity index (χ3n) is 12.4. The number of ether oxygens (including phenoxy) is 3. The Balaban J connectivity index is 1.33. The minimum atomic E-state index is -5.94. The van der Waals surface area contributed by atoms with Gasteiger partial charge in [0.2, 0.25) is 0 Å². The van der Waals surface area contributed by atoms with E-state index < -0.39 is 70.7 Å². The Labute approximate surface area is 294 Å². The molecule has 5 aliphatic rings. The number of alkyl halides is 5. The highest BCUT2D eigenvalue weighted by Crippen LogP contribution is 2.71. The molecule has 0 aromatic heterocycles. The van der Waals surface area contributed by atoms with Crippen LogP contribution in [-0.4, -0.2) is 77.7 Å². The second-order valence-electron chi connectivity index (χ2n) is 16.3. The Morgan fingerprint density at radius 3 is 2.25 bits per heavy atom. The monoisotopic (exact) mass is 728 g/mol. The summed E-state index contributed by atoms with van der Waals surface area (Å²) in [6.07, 6.45) is -5.13. The second kappa shape index (κ2) is 12.9. The molecule has 4 N–H and O–H groups in total. The molecule has 3 saturated carbocycles. The van der Waals surface area contributed by atoms with Crippen LogP contribution in [0.5, 0.6) is 0 Å². The molecule has 284 valence electrons. The highest BCUT2D eigenvalue weighted by molar-refractivity contribution is 5.80. The number of urea groups is 1. The molecule has 1 aromatic carbocycles. The maximum absolute atomic E-state index is 15.4. The fourth-order valence-corrected chi connectivity index (χ4v) is 9.78. The predicted octanol–water partition coefficient (Wildman–Crippen LogP) is 6.27. The second-order valence-corrected chi connectivity index (χ2v) is 16.3. The summed E-state index contributed by atoms with van der Waals surface area (Å²) >= 11 is 0. The van der Waals surface area contributed by atoms with Crippen LogP contribution in [0.1, 0.15) is 96.1 Å². The van der Waals surface area contributed by atoms with Gasteiger partial charge in [-0.05, 0) is 74.0 Å². The molecule has 6 rings (SSSR count). The fraction of sp³-hybridized carbons (Fsp3) is 0.730. The first-order valence-corrected chi connectivity index (χ1v) is 17.9. The summed E-state index contributed by atoms with van der Waals surface area (Å²) in [5, 5.41) is 29.0. The van der Waals surface area contributed by atoms with Gasteiger partial charge in [0.05, 0.1) is 25.4 Å². The molecule has 0 bridgehead atoms. The van der Waals surface area contributed by atoms with E-state index in [-0.39, 0.29) is 50.8 Å². The van der Waals surface area contributed by atoms with Crippen molar-refractivity contribution in [3.8, 4) is 0 Å². The molecule has 4 fully saturated rings. The highest BCUT2D eigenvalue weighted by atomic mass is 19.4. The van der Waals surface area contributed by atoms with Gasteiger partial charge in [0.1, 0.15) is 12.1 Å². The smallest absolute Gasteiger partial charge is 0.456 e. The summed E-state index contributed by atoms with van der Waals surface area (Å²) in [4.78, 5) is 23.8. The van der Waals surface area contributed by atoms with E-state index in [9.17, 15) is 33.0 Å². The number of carbonyl (C=O) groups is 2. The van der Waals surface area contributed by atoms with E-state index in [4.69, 9.17) is 14.2 Å². The molecule has 9 nitrogen and oxygen atoms in total. The number of esters is 1. The van der Waals surface area contributed by atoms with E-state index in [1.54, 1.807) is 31.2 Å². The molecular formula is C37H49F5N2O7. The number of carbonyl (C=O) groups excluding carboxylic acids is 2. The van der Waals surface area contributed by atoms with Crippen molar-refractivity contribution >= 4 is 12.0 Å². The number of rotatable bonds is 7. The van der Waals surface area contributed by atoms with Gasteiger partial charge in [-0.1, -0.05) is 50.6 Å². The van der Waals surface area contributed by atoms with Crippen molar-refractivity contribution in [1.82, 2.24) is 10.6 Å². The van der Waals surface area contributed by atoms with Gasteiger partial charge < -0.3 is 35.1 Å². The molecule has 1 heterocycles. The van der Waals surface area contributed by atoms with Crippen molar-refractivity contribution in [2.75, 3.05) is 26.4 Å². The van der Waals surface area contributed by atoms with E-state index in [1.807, 2.05) is 13.8 Å². The normalized spacial score (nSPS) is 34.3. The number of aliphatic hydroxyl groups is 2. The van der Waals surface area contributed by atoms with Crippen molar-refractivity contribution in [2.45, 2.75) is 121 Å². The Morgan fingerprint density at radius 2 is 1.63 bits per heavy atom. The first-order valence-electron chi connectivity index (χ1n) is 17.9. The van der Waals surface area contributed by atoms with Crippen molar-refractivity contribution in [3.05, 3.63) is 46.5 Å². The van der Waals surface area contributed by atoms with Gasteiger partial charge in [0.15, 0.2) is 5.79 Å². The zero-order valence-corrected chi connectivity index (χ0v) is 29.6. The third kappa shape index (κ3) is 6.45. The SMILES string of the molecule is CCOC(=O)CNC(=O)NCc1ccc([C@H]2C[C@@]3(C)C(CCC3(O)C(F)(F)C(F)(F)F)C3CCC4(O)CC5(CCC4=C32)OCC(C)(C)CO5)cc1. The molecule has 2 amide bonds. The lowest BCUT2D eigenvalue weighted by molar-refractivity contribution is -0.362. The average Bonchev–Trinajstić information content (AvgIpc) is 3.34. The van der Waals surface area contributed by atoms with Gasteiger partial charge in [0, 0.05) is 36.1 Å². The van der Waals surface area contributed by atoms with Crippen LogP contribution in [0.3, 0.4) is 0 Å². The summed E-state index contributed by atoms with van der Waals surface area (Å²) in [7, 11) is 0. The van der Waals surface area contributed by atoms with Crippen molar-refractivity contribution in [2.24, 2.45) is 22.7 Å². The van der Waals surface area contributed by atoms with Crippen molar-refractivity contribution in [3.63, 3.8) is 0 Å². The van der Waals surface area contributed by atoms with Crippen LogP contribution < -0.4 is 10.6 Å². The van der Waals surface area contributed by atoms with Crippen LogP contribution in [0.2, 0.25) is 0 Å². The van der Waals surface area contributed by atoms with Gasteiger partial charge in [0.25, 0.3) is 0 Å². The van der Waals surface area contributed by atoms with Crippen LogP contribution in [0.4, 0.5) is 26.7 Å². The van der Waals surface area contributed by atoms with Gasteiger partial charge in [-0.15, -0.1) is 0 Å². The number of fused-ring (bicyclic) bond motifs is 4. The Morgan fingerprint density at radius 1 is 0.961 bits per heavy atom. The molecule has 0 radical (unpaired) electrons. The van der Waals surface area contributed by atoms with Crippen LogP contribution in [0, 0.1) is 22.7 Å². The Hall–Kier alpha value is -2.81. The number of benzene rings is 1. The van der Waals surface area contributed by atoms with E-state index >= 15 is 8.78 Å². The molecule has 1 aromatic rings. The average molecular weight is 729 g/mol. The van der Waals surface area contributed by atoms with Crippen molar-refractivity contribution < 1.29 is 56.0 Å². The van der Waals surface area contributed by atoms with E-state index in [1.165, 1.54) is 6.92 Å². The topological polar surface area (TPSA) is 126 Å². The Bertz CT molecular complexity index is 1540. The van der Waals surface area contributed by atoms with E-state index in [0.29, 0.717) is 43.6 Å². The predicted molar refractivity (Wildman–Crippen MR) is 174 cm³/mol. The van der Waals surface area contributed by atoms with Gasteiger partial charge in [-0.3, -0.25) is 4.79 Å². The minimum Gasteiger partial charge on any atom is -0.465 e. The molecule has 14 heteroatoms. The van der Waals surface area contributed by atoms with Gasteiger partial charge >= 0.3 is 24.1 Å². The lowest BCUT2D eigenvalue weighted by atomic mass is 9.49. The number of halogens is 5. The summed E-state index contributed by atoms with van der Waals surface area (Å²) in [5.41, 5.74) is -3.66. The highest BCUT2D eigenvalue weighted by Gasteiger charge is 2.79. The summed E-state index contributed by atoms with van der Waals surface area (Å²) in [6, 6.07) is 6.39. The lowest BCUT2D eigenvalue weighted by Gasteiger charge is -2.59.